The lowest BCUT2D eigenvalue weighted by Gasteiger charge is -2.34. The number of nitriles is 1. The molecule has 0 saturated carbocycles. The SMILES string of the molecule is N#Cc1cccnc1N1CCC(Nc2ccccc2F)CC1. The number of anilines is 2. The first-order valence-electron chi connectivity index (χ1n) is 7.39. The smallest absolute Gasteiger partial charge is 0.146 e. The van der Waals surface area contributed by atoms with Crippen molar-refractivity contribution in [3.63, 3.8) is 0 Å². The van der Waals surface area contributed by atoms with Gasteiger partial charge >= 0.3 is 0 Å². The first-order chi connectivity index (χ1) is 10.8. The van der Waals surface area contributed by atoms with E-state index in [9.17, 15) is 4.39 Å². The first kappa shape index (κ1) is 14.3. The Morgan fingerprint density at radius 1 is 1.18 bits per heavy atom. The molecule has 0 amide bonds. The molecule has 2 heterocycles. The lowest BCUT2D eigenvalue weighted by molar-refractivity contribution is 0.519. The molecule has 1 aliphatic rings. The van der Waals surface area contributed by atoms with Crippen molar-refractivity contribution in [1.29, 1.82) is 5.26 Å². The summed E-state index contributed by atoms with van der Waals surface area (Å²) < 4.78 is 13.7. The van der Waals surface area contributed by atoms with E-state index in [0.29, 0.717) is 11.3 Å². The molecular formula is C17H17FN4. The minimum atomic E-state index is -0.221. The summed E-state index contributed by atoms with van der Waals surface area (Å²) in [4.78, 5) is 6.44. The second-order valence-corrected chi connectivity index (χ2v) is 5.37. The van der Waals surface area contributed by atoms with Crippen molar-refractivity contribution >= 4 is 11.5 Å². The fourth-order valence-corrected chi connectivity index (χ4v) is 2.77. The highest BCUT2D eigenvalue weighted by Crippen LogP contribution is 2.23. The molecule has 2 aromatic rings. The largest absolute Gasteiger partial charge is 0.380 e. The number of halogens is 1. The summed E-state index contributed by atoms with van der Waals surface area (Å²) in [5, 5.41) is 12.4. The van der Waals surface area contributed by atoms with Gasteiger partial charge in [0.05, 0.1) is 11.3 Å². The lowest BCUT2D eigenvalue weighted by atomic mass is 10.0. The Labute approximate surface area is 129 Å². The average molecular weight is 296 g/mol. The number of benzene rings is 1. The molecule has 1 aromatic heterocycles. The molecule has 0 bridgehead atoms. The Morgan fingerprint density at radius 3 is 2.68 bits per heavy atom. The number of piperidine rings is 1. The van der Waals surface area contributed by atoms with Gasteiger partial charge in [0, 0.05) is 25.3 Å². The lowest BCUT2D eigenvalue weighted by Crippen LogP contribution is -2.40. The molecule has 1 aromatic carbocycles. The molecule has 0 aliphatic carbocycles. The molecule has 1 saturated heterocycles. The van der Waals surface area contributed by atoms with Crippen LogP contribution >= 0.6 is 0 Å². The average Bonchev–Trinajstić information content (AvgIpc) is 2.58. The minimum absolute atomic E-state index is 0.221. The Kier molecular flexibility index (Phi) is 4.19. The zero-order valence-electron chi connectivity index (χ0n) is 12.2. The van der Waals surface area contributed by atoms with Crippen LogP contribution in [0.15, 0.2) is 42.6 Å². The molecule has 3 rings (SSSR count). The van der Waals surface area contributed by atoms with E-state index >= 15 is 0 Å². The van der Waals surface area contributed by atoms with Crippen LogP contribution in [0.5, 0.6) is 0 Å². The molecule has 0 atom stereocenters. The Morgan fingerprint density at radius 2 is 1.95 bits per heavy atom. The number of rotatable bonds is 3. The van der Waals surface area contributed by atoms with Gasteiger partial charge in [-0.1, -0.05) is 12.1 Å². The summed E-state index contributed by atoms with van der Waals surface area (Å²) in [6, 6.07) is 12.7. The topological polar surface area (TPSA) is 52.0 Å². The maximum atomic E-state index is 13.7. The van der Waals surface area contributed by atoms with Gasteiger partial charge in [-0.25, -0.2) is 9.37 Å². The third kappa shape index (κ3) is 3.01. The van der Waals surface area contributed by atoms with E-state index in [4.69, 9.17) is 5.26 Å². The van der Waals surface area contributed by atoms with Gasteiger partial charge in [-0.3, -0.25) is 0 Å². The molecular weight excluding hydrogens is 279 g/mol. The third-order valence-electron chi connectivity index (χ3n) is 3.94. The molecule has 4 nitrogen and oxygen atoms in total. The van der Waals surface area contributed by atoms with Crippen LogP contribution in [-0.2, 0) is 0 Å². The van der Waals surface area contributed by atoms with Crippen LogP contribution < -0.4 is 10.2 Å². The van der Waals surface area contributed by atoms with Crippen LogP contribution in [0.3, 0.4) is 0 Å². The molecule has 112 valence electrons. The molecule has 1 aliphatic heterocycles. The quantitative estimate of drug-likeness (QED) is 0.945. The summed E-state index contributed by atoms with van der Waals surface area (Å²) >= 11 is 0. The summed E-state index contributed by atoms with van der Waals surface area (Å²) in [5.74, 6) is 0.524. The number of nitrogens with one attached hydrogen (secondary N) is 1. The molecule has 0 radical (unpaired) electrons. The van der Waals surface area contributed by atoms with Gasteiger partial charge < -0.3 is 10.2 Å². The van der Waals surface area contributed by atoms with Crippen LogP contribution in [0.1, 0.15) is 18.4 Å². The maximum absolute atomic E-state index is 13.7. The third-order valence-corrected chi connectivity index (χ3v) is 3.94. The highest BCUT2D eigenvalue weighted by atomic mass is 19.1. The predicted octanol–water partition coefficient (Wildman–Crippen LogP) is 3.17. The van der Waals surface area contributed by atoms with Crippen LogP contribution in [0.2, 0.25) is 0 Å². The van der Waals surface area contributed by atoms with Gasteiger partial charge in [-0.15, -0.1) is 0 Å². The minimum Gasteiger partial charge on any atom is -0.380 e. The fourth-order valence-electron chi connectivity index (χ4n) is 2.77. The van der Waals surface area contributed by atoms with E-state index in [1.165, 1.54) is 6.07 Å². The van der Waals surface area contributed by atoms with Crippen LogP contribution in [0.4, 0.5) is 15.9 Å². The number of hydrogen-bond donors (Lipinski definition) is 1. The van der Waals surface area contributed by atoms with Crippen LogP contribution in [0, 0.1) is 17.1 Å². The van der Waals surface area contributed by atoms with Gasteiger partial charge in [-0.2, -0.15) is 5.26 Å². The van der Waals surface area contributed by atoms with E-state index in [2.05, 4.69) is 21.3 Å². The standard InChI is InChI=1S/C17H17FN4/c18-15-5-1-2-6-16(15)21-14-7-10-22(11-8-14)17-13(12-19)4-3-9-20-17/h1-6,9,14,21H,7-8,10-11H2. The summed E-state index contributed by atoms with van der Waals surface area (Å²) in [6.07, 6.45) is 3.48. The normalized spacial score (nSPS) is 15.4. The number of aromatic nitrogens is 1. The summed E-state index contributed by atoms with van der Waals surface area (Å²) in [7, 11) is 0. The van der Waals surface area contributed by atoms with E-state index in [0.717, 1.165) is 31.7 Å². The molecule has 22 heavy (non-hydrogen) atoms. The van der Waals surface area contributed by atoms with E-state index in [-0.39, 0.29) is 11.9 Å². The second kappa shape index (κ2) is 6.44. The van der Waals surface area contributed by atoms with E-state index in [1.54, 1.807) is 30.5 Å². The summed E-state index contributed by atoms with van der Waals surface area (Å²) in [5.41, 5.74) is 1.15. The van der Waals surface area contributed by atoms with Crippen molar-refractivity contribution in [3.8, 4) is 6.07 Å². The predicted molar refractivity (Wildman–Crippen MR) is 84.2 cm³/mol. The molecule has 0 unspecified atom stereocenters. The molecule has 1 fully saturated rings. The zero-order chi connectivity index (χ0) is 15.4. The Bertz CT molecular complexity index is 687. The highest BCUT2D eigenvalue weighted by Gasteiger charge is 2.22. The van der Waals surface area contributed by atoms with E-state index < -0.39 is 0 Å². The van der Waals surface area contributed by atoms with Gasteiger partial charge in [0.1, 0.15) is 17.7 Å². The Balaban J connectivity index is 1.63. The van der Waals surface area contributed by atoms with Gasteiger partial charge in [0.15, 0.2) is 0 Å². The monoisotopic (exact) mass is 296 g/mol. The summed E-state index contributed by atoms with van der Waals surface area (Å²) in [6.45, 7) is 1.61. The van der Waals surface area contributed by atoms with Gasteiger partial charge in [0.2, 0.25) is 0 Å². The van der Waals surface area contributed by atoms with Crippen molar-refractivity contribution in [2.75, 3.05) is 23.3 Å². The zero-order valence-corrected chi connectivity index (χ0v) is 12.2. The van der Waals surface area contributed by atoms with Gasteiger partial charge in [-0.05, 0) is 37.1 Å². The van der Waals surface area contributed by atoms with Crippen molar-refractivity contribution in [2.24, 2.45) is 0 Å². The molecule has 0 spiro atoms. The Hall–Kier alpha value is -2.61. The number of para-hydroxylation sites is 1. The highest BCUT2D eigenvalue weighted by molar-refractivity contribution is 5.54. The van der Waals surface area contributed by atoms with Crippen molar-refractivity contribution in [3.05, 3.63) is 54.0 Å². The first-order valence-corrected chi connectivity index (χ1v) is 7.39. The molecule has 5 heteroatoms. The number of pyridine rings is 1. The van der Waals surface area contributed by atoms with Crippen LogP contribution in [-0.4, -0.2) is 24.1 Å². The van der Waals surface area contributed by atoms with E-state index in [1.807, 2.05) is 6.07 Å². The maximum Gasteiger partial charge on any atom is 0.146 e. The van der Waals surface area contributed by atoms with Crippen molar-refractivity contribution in [2.45, 2.75) is 18.9 Å². The fraction of sp³-hybridized carbons (Fsp3) is 0.294. The second-order valence-electron chi connectivity index (χ2n) is 5.37. The van der Waals surface area contributed by atoms with Gasteiger partial charge in [0.25, 0.3) is 0 Å². The van der Waals surface area contributed by atoms with Crippen molar-refractivity contribution < 1.29 is 4.39 Å². The van der Waals surface area contributed by atoms with Crippen molar-refractivity contribution in [1.82, 2.24) is 4.98 Å². The number of nitrogens with zero attached hydrogens (tertiary/aromatic N) is 3. The number of hydrogen-bond acceptors (Lipinski definition) is 4. The molecule has 1 N–H and O–H groups in total. The van der Waals surface area contributed by atoms with Crippen LogP contribution in [0.25, 0.3) is 0 Å².